The number of carbonyl (C=O) groups is 1. The highest BCUT2D eigenvalue weighted by Gasteiger charge is 2.15. The van der Waals surface area contributed by atoms with E-state index < -0.39 is 5.91 Å². The Bertz CT molecular complexity index is 731. The molecular weight excluding hydrogens is 278 g/mol. The molecule has 22 heavy (non-hydrogen) atoms. The van der Waals surface area contributed by atoms with E-state index in [-0.39, 0.29) is 17.0 Å². The monoisotopic (exact) mass is 299 g/mol. The van der Waals surface area contributed by atoms with Crippen molar-refractivity contribution in [3.05, 3.63) is 57.9 Å². The van der Waals surface area contributed by atoms with Crippen LogP contribution in [0.4, 0.5) is 0 Å². The maximum atomic E-state index is 12.6. The summed E-state index contributed by atoms with van der Waals surface area (Å²) in [6.07, 6.45) is 0. The average molecular weight is 299 g/mol. The SMILES string of the molecule is Cc1ccc(-c2ccc(C(=O)NN)c(=O)n2CC(C)C)cc1. The highest BCUT2D eigenvalue weighted by molar-refractivity contribution is 5.93. The Morgan fingerprint density at radius 2 is 1.82 bits per heavy atom. The van der Waals surface area contributed by atoms with Crippen LogP contribution in [0.1, 0.15) is 29.8 Å². The number of amides is 1. The molecule has 0 aliphatic rings. The molecule has 0 atom stereocenters. The van der Waals surface area contributed by atoms with Gasteiger partial charge in [-0.3, -0.25) is 15.0 Å². The molecule has 3 N–H and O–H groups in total. The molecule has 5 nitrogen and oxygen atoms in total. The fourth-order valence-corrected chi connectivity index (χ4v) is 2.35. The number of nitrogens with zero attached hydrogens (tertiary/aromatic N) is 1. The lowest BCUT2D eigenvalue weighted by Gasteiger charge is -2.16. The maximum Gasteiger partial charge on any atom is 0.270 e. The van der Waals surface area contributed by atoms with E-state index in [9.17, 15) is 9.59 Å². The van der Waals surface area contributed by atoms with Gasteiger partial charge in [-0.05, 0) is 30.5 Å². The van der Waals surface area contributed by atoms with E-state index in [1.807, 2.05) is 50.5 Å². The highest BCUT2D eigenvalue weighted by Crippen LogP contribution is 2.20. The lowest BCUT2D eigenvalue weighted by atomic mass is 10.1. The van der Waals surface area contributed by atoms with Crippen molar-refractivity contribution in [1.29, 1.82) is 0 Å². The van der Waals surface area contributed by atoms with Crippen LogP contribution in [0.5, 0.6) is 0 Å². The number of nitrogens with two attached hydrogens (primary N) is 1. The van der Waals surface area contributed by atoms with Crippen LogP contribution in [-0.2, 0) is 6.54 Å². The van der Waals surface area contributed by atoms with Crippen LogP contribution in [0.3, 0.4) is 0 Å². The van der Waals surface area contributed by atoms with Gasteiger partial charge in [0.25, 0.3) is 11.5 Å². The number of rotatable bonds is 4. The van der Waals surface area contributed by atoms with E-state index in [1.165, 1.54) is 6.07 Å². The highest BCUT2D eigenvalue weighted by atomic mass is 16.2. The Morgan fingerprint density at radius 1 is 1.18 bits per heavy atom. The van der Waals surface area contributed by atoms with Crippen LogP contribution >= 0.6 is 0 Å². The number of pyridine rings is 1. The smallest absolute Gasteiger partial charge is 0.270 e. The van der Waals surface area contributed by atoms with Gasteiger partial charge in [-0.25, -0.2) is 5.84 Å². The van der Waals surface area contributed by atoms with Gasteiger partial charge in [0.15, 0.2) is 0 Å². The van der Waals surface area contributed by atoms with Gasteiger partial charge in [0, 0.05) is 6.54 Å². The van der Waals surface area contributed by atoms with Crippen molar-refractivity contribution < 1.29 is 4.79 Å². The van der Waals surface area contributed by atoms with Crippen molar-refractivity contribution in [1.82, 2.24) is 9.99 Å². The molecule has 0 unspecified atom stereocenters. The molecule has 2 rings (SSSR count). The normalized spacial score (nSPS) is 10.8. The van der Waals surface area contributed by atoms with Gasteiger partial charge in [0.1, 0.15) is 5.56 Å². The second-order valence-corrected chi connectivity index (χ2v) is 5.78. The van der Waals surface area contributed by atoms with Crippen LogP contribution in [0.25, 0.3) is 11.3 Å². The fraction of sp³-hybridized carbons (Fsp3) is 0.294. The molecule has 0 aliphatic carbocycles. The second kappa shape index (κ2) is 6.58. The molecule has 1 amide bonds. The van der Waals surface area contributed by atoms with Crippen molar-refractivity contribution in [2.24, 2.45) is 11.8 Å². The number of hydrogen-bond acceptors (Lipinski definition) is 3. The third kappa shape index (κ3) is 3.26. The number of aryl methyl sites for hydroxylation is 1. The van der Waals surface area contributed by atoms with Gasteiger partial charge >= 0.3 is 0 Å². The van der Waals surface area contributed by atoms with E-state index in [1.54, 1.807) is 10.6 Å². The second-order valence-electron chi connectivity index (χ2n) is 5.78. The summed E-state index contributed by atoms with van der Waals surface area (Å²) < 4.78 is 1.64. The quantitative estimate of drug-likeness (QED) is 0.515. The summed E-state index contributed by atoms with van der Waals surface area (Å²) >= 11 is 0. The standard InChI is InChI=1S/C17H21N3O2/c1-11(2)10-20-15(13-6-4-12(3)5-7-13)9-8-14(17(20)22)16(21)19-18/h4-9,11H,10,18H2,1-3H3,(H,19,21). The predicted molar refractivity (Wildman–Crippen MR) is 87.4 cm³/mol. The number of carbonyl (C=O) groups excluding carboxylic acids is 1. The lowest BCUT2D eigenvalue weighted by Crippen LogP contribution is -2.37. The molecule has 2 aromatic rings. The molecule has 0 bridgehead atoms. The zero-order valence-electron chi connectivity index (χ0n) is 13.1. The molecule has 1 heterocycles. The first kappa shape index (κ1) is 16.0. The molecule has 0 saturated carbocycles. The fourth-order valence-electron chi connectivity index (χ4n) is 2.35. The Hall–Kier alpha value is -2.40. The molecule has 0 spiro atoms. The first-order valence-electron chi connectivity index (χ1n) is 7.26. The Labute approximate surface area is 129 Å². The van der Waals surface area contributed by atoms with Crippen LogP contribution in [0, 0.1) is 12.8 Å². The Kier molecular flexibility index (Phi) is 4.78. The summed E-state index contributed by atoms with van der Waals surface area (Å²) in [5.41, 5.74) is 4.65. The van der Waals surface area contributed by atoms with E-state index >= 15 is 0 Å². The predicted octanol–water partition coefficient (Wildman–Crippen LogP) is 2.08. The molecule has 0 radical (unpaired) electrons. The molecule has 0 saturated heterocycles. The summed E-state index contributed by atoms with van der Waals surface area (Å²) in [5.74, 6) is 4.85. The van der Waals surface area contributed by atoms with E-state index in [0.717, 1.165) is 16.8 Å². The summed E-state index contributed by atoms with van der Waals surface area (Å²) in [5, 5.41) is 0. The van der Waals surface area contributed by atoms with E-state index in [4.69, 9.17) is 5.84 Å². The Morgan fingerprint density at radius 3 is 2.36 bits per heavy atom. The third-order valence-corrected chi connectivity index (χ3v) is 3.44. The van der Waals surface area contributed by atoms with Gasteiger partial charge in [0.05, 0.1) is 5.69 Å². The first-order chi connectivity index (χ1) is 10.4. The van der Waals surface area contributed by atoms with Crippen molar-refractivity contribution in [2.45, 2.75) is 27.3 Å². The van der Waals surface area contributed by atoms with Gasteiger partial charge in [-0.2, -0.15) is 0 Å². The topological polar surface area (TPSA) is 77.1 Å². The van der Waals surface area contributed by atoms with E-state index in [0.29, 0.717) is 6.54 Å². The van der Waals surface area contributed by atoms with Gasteiger partial charge in [-0.1, -0.05) is 43.7 Å². The molecular formula is C17H21N3O2. The summed E-state index contributed by atoms with van der Waals surface area (Å²) in [4.78, 5) is 24.3. The number of nitrogens with one attached hydrogen (secondary N) is 1. The zero-order chi connectivity index (χ0) is 16.3. The molecule has 116 valence electrons. The number of aromatic nitrogens is 1. The molecule has 1 aromatic heterocycles. The molecule has 0 fully saturated rings. The Balaban J connectivity index is 2.63. The number of hydrazine groups is 1. The average Bonchev–Trinajstić information content (AvgIpc) is 2.49. The van der Waals surface area contributed by atoms with Crippen LogP contribution < -0.4 is 16.8 Å². The first-order valence-corrected chi connectivity index (χ1v) is 7.26. The molecule has 0 aliphatic heterocycles. The summed E-state index contributed by atoms with van der Waals surface area (Å²) in [6, 6.07) is 11.3. The van der Waals surface area contributed by atoms with Gasteiger partial charge < -0.3 is 4.57 Å². The van der Waals surface area contributed by atoms with Crippen LogP contribution in [0.15, 0.2) is 41.2 Å². The largest absolute Gasteiger partial charge is 0.307 e. The van der Waals surface area contributed by atoms with E-state index in [2.05, 4.69) is 0 Å². The number of hydrogen-bond donors (Lipinski definition) is 2. The van der Waals surface area contributed by atoms with Crippen LogP contribution in [0.2, 0.25) is 0 Å². The lowest BCUT2D eigenvalue weighted by molar-refractivity contribution is 0.0951. The minimum Gasteiger partial charge on any atom is -0.307 e. The summed E-state index contributed by atoms with van der Waals surface area (Å²) in [7, 11) is 0. The minimum atomic E-state index is -0.571. The van der Waals surface area contributed by atoms with Gasteiger partial charge in [-0.15, -0.1) is 0 Å². The number of benzene rings is 1. The number of nitrogen functional groups attached to an aromatic ring is 1. The molecule has 1 aromatic carbocycles. The van der Waals surface area contributed by atoms with Crippen molar-refractivity contribution >= 4 is 5.91 Å². The maximum absolute atomic E-state index is 12.6. The van der Waals surface area contributed by atoms with Gasteiger partial charge in [0.2, 0.25) is 0 Å². The molecule has 5 heteroatoms. The van der Waals surface area contributed by atoms with Crippen molar-refractivity contribution in [3.63, 3.8) is 0 Å². The van der Waals surface area contributed by atoms with Crippen LogP contribution in [-0.4, -0.2) is 10.5 Å². The van der Waals surface area contributed by atoms with Crippen molar-refractivity contribution in [2.75, 3.05) is 0 Å². The van der Waals surface area contributed by atoms with Crippen molar-refractivity contribution in [3.8, 4) is 11.3 Å². The zero-order valence-corrected chi connectivity index (χ0v) is 13.1. The third-order valence-electron chi connectivity index (χ3n) is 3.44. The minimum absolute atomic E-state index is 0.0546. The summed E-state index contributed by atoms with van der Waals surface area (Å²) in [6.45, 7) is 6.61.